The number of rotatable bonds is 3. The van der Waals surface area contributed by atoms with Gasteiger partial charge in [-0.1, -0.05) is 0 Å². The maximum atomic E-state index is 12.0. The molecule has 0 saturated carbocycles. The topological polar surface area (TPSA) is 59.5 Å². The van der Waals surface area contributed by atoms with E-state index in [1.165, 1.54) is 18.4 Å². The average molecular weight is 254 g/mol. The van der Waals surface area contributed by atoms with Crippen molar-refractivity contribution >= 4 is 23.2 Å². The van der Waals surface area contributed by atoms with Gasteiger partial charge >= 0.3 is 5.97 Å². The SMILES string of the molecule is COC(=O)C1CCCN1C(=O)Cc1cscn1. The van der Waals surface area contributed by atoms with Gasteiger partial charge in [0.25, 0.3) is 0 Å². The first-order valence-corrected chi connectivity index (χ1v) is 6.41. The second-order valence-electron chi connectivity index (χ2n) is 3.92. The molecule has 1 aromatic heterocycles. The molecule has 2 rings (SSSR count). The number of amides is 1. The van der Waals surface area contributed by atoms with Crippen LogP contribution in [-0.4, -0.2) is 41.5 Å². The predicted octanol–water partition coefficient (Wildman–Crippen LogP) is 0.850. The van der Waals surface area contributed by atoms with Crippen molar-refractivity contribution in [3.8, 4) is 0 Å². The molecule has 17 heavy (non-hydrogen) atoms. The van der Waals surface area contributed by atoms with Crippen LogP contribution in [0.1, 0.15) is 18.5 Å². The Balaban J connectivity index is 2.01. The quantitative estimate of drug-likeness (QED) is 0.750. The number of methoxy groups -OCH3 is 1. The molecule has 0 radical (unpaired) electrons. The van der Waals surface area contributed by atoms with E-state index in [1.54, 1.807) is 10.4 Å². The second kappa shape index (κ2) is 5.27. The third-order valence-electron chi connectivity index (χ3n) is 2.86. The van der Waals surface area contributed by atoms with Gasteiger partial charge in [-0.25, -0.2) is 9.78 Å². The Morgan fingerprint density at radius 1 is 1.65 bits per heavy atom. The third kappa shape index (κ3) is 2.63. The van der Waals surface area contributed by atoms with E-state index in [4.69, 9.17) is 4.74 Å². The first kappa shape index (κ1) is 12.0. The van der Waals surface area contributed by atoms with Gasteiger partial charge in [-0.3, -0.25) is 4.79 Å². The van der Waals surface area contributed by atoms with Crippen LogP contribution in [0.5, 0.6) is 0 Å². The highest BCUT2D eigenvalue weighted by atomic mass is 32.1. The first-order valence-electron chi connectivity index (χ1n) is 5.46. The maximum absolute atomic E-state index is 12.0. The lowest BCUT2D eigenvalue weighted by atomic mass is 10.2. The summed E-state index contributed by atoms with van der Waals surface area (Å²) in [4.78, 5) is 29.2. The minimum Gasteiger partial charge on any atom is -0.467 e. The number of carbonyl (C=O) groups excluding carboxylic acids is 2. The van der Waals surface area contributed by atoms with Crippen LogP contribution in [0.2, 0.25) is 0 Å². The molecule has 1 amide bonds. The van der Waals surface area contributed by atoms with Crippen LogP contribution in [0.3, 0.4) is 0 Å². The van der Waals surface area contributed by atoms with E-state index in [1.807, 2.05) is 5.38 Å². The highest BCUT2D eigenvalue weighted by molar-refractivity contribution is 7.07. The summed E-state index contributed by atoms with van der Waals surface area (Å²) in [5.74, 6) is -0.377. The number of hydrogen-bond donors (Lipinski definition) is 0. The molecule has 0 bridgehead atoms. The monoisotopic (exact) mass is 254 g/mol. The lowest BCUT2D eigenvalue weighted by Crippen LogP contribution is -2.41. The van der Waals surface area contributed by atoms with Crippen molar-refractivity contribution in [3.63, 3.8) is 0 Å². The molecule has 92 valence electrons. The molecule has 5 nitrogen and oxygen atoms in total. The number of likely N-dealkylation sites (tertiary alicyclic amines) is 1. The van der Waals surface area contributed by atoms with Gasteiger partial charge in [0, 0.05) is 11.9 Å². The summed E-state index contributed by atoms with van der Waals surface area (Å²) in [6, 6.07) is -0.411. The van der Waals surface area contributed by atoms with E-state index < -0.39 is 6.04 Å². The zero-order chi connectivity index (χ0) is 12.3. The Labute approximate surface area is 103 Å². The van der Waals surface area contributed by atoms with E-state index in [0.717, 1.165) is 12.1 Å². The minimum atomic E-state index is -0.411. The van der Waals surface area contributed by atoms with Crippen LogP contribution in [0.15, 0.2) is 10.9 Å². The Kier molecular flexibility index (Phi) is 3.73. The van der Waals surface area contributed by atoms with Crippen molar-refractivity contribution in [1.82, 2.24) is 9.88 Å². The normalized spacial score (nSPS) is 19.4. The highest BCUT2D eigenvalue weighted by Gasteiger charge is 2.34. The number of nitrogens with zero attached hydrogens (tertiary/aromatic N) is 2. The van der Waals surface area contributed by atoms with Crippen molar-refractivity contribution < 1.29 is 14.3 Å². The van der Waals surface area contributed by atoms with Gasteiger partial charge in [-0.15, -0.1) is 11.3 Å². The fourth-order valence-electron chi connectivity index (χ4n) is 2.03. The molecule has 1 saturated heterocycles. The molecule has 0 aromatic carbocycles. The van der Waals surface area contributed by atoms with Gasteiger partial charge in [0.2, 0.25) is 5.91 Å². The van der Waals surface area contributed by atoms with E-state index in [0.29, 0.717) is 13.0 Å². The smallest absolute Gasteiger partial charge is 0.328 e. The lowest BCUT2D eigenvalue weighted by molar-refractivity contribution is -0.150. The lowest BCUT2D eigenvalue weighted by Gasteiger charge is -2.22. The Bertz CT molecular complexity index is 405. The molecule has 0 N–H and O–H groups in total. The molecule has 2 heterocycles. The average Bonchev–Trinajstić information content (AvgIpc) is 2.97. The number of ether oxygens (including phenoxy) is 1. The van der Waals surface area contributed by atoms with Crippen molar-refractivity contribution in [2.24, 2.45) is 0 Å². The van der Waals surface area contributed by atoms with Crippen LogP contribution in [0.4, 0.5) is 0 Å². The Morgan fingerprint density at radius 2 is 2.47 bits per heavy atom. The van der Waals surface area contributed by atoms with Gasteiger partial charge in [0.15, 0.2) is 0 Å². The molecule has 1 aliphatic rings. The summed E-state index contributed by atoms with van der Waals surface area (Å²) >= 11 is 1.46. The van der Waals surface area contributed by atoms with Crippen molar-refractivity contribution in [3.05, 3.63) is 16.6 Å². The number of thiazole rings is 1. The van der Waals surface area contributed by atoms with Gasteiger partial charge in [0.1, 0.15) is 6.04 Å². The van der Waals surface area contributed by atoms with E-state index in [9.17, 15) is 9.59 Å². The molecular formula is C11H14N2O3S. The summed E-state index contributed by atoms with van der Waals surface area (Å²) in [5.41, 5.74) is 2.46. The van der Waals surface area contributed by atoms with E-state index in [-0.39, 0.29) is 18.3 Å². The van der Waals surface area contributed by atoms with Crippen LogP contribution < -0.4 is 0 Å². The molecule has 1 unspecified atom stereocenters. The van der Waals surface area contributed by atoms with Gasteiger partial charge in [0.05, 0.1) is 24.7 Å². The number of carbonyl (C=O) groups is 2. The van der Waals surface area contributed by atoms with Crippen molar-refractivity contribution in [1.29, 1.82) is 0 Å². The van der Waals surface area contributed by atoms with Crippen LogP contribution >= 0.6 is 11.3 Å². The molecule has 1 atom stereocenters. The molecule has 1 aliphatic heterocycles. The number of aromatic nitrogens is 1. The van der Waals surface area contributed by atoms with Crippen molar-refractivity contribution in [2.75, 3.05) is 13.7 Å². The number of esters is 1. The fraction of sp³-hybridized carbons (Fsp3) is 0.545. The molecule has 0 spiro atoms. The van der Waals surface area contributed by atoms with Crippen LogP contribution in [0, 0.1) is 0 Å². The Hall–Kier alpha value is -1.43. The highest BCUT2D eigenvalue weighted by Crippen LogP contribution is 2.19. The molecular weight excluding hydrogens is 240 g/mol. The summed E-state index contributed by atoms with van der Waals surface area (Å²) in [7, 11) is 1.35. The summed E-state index contributed by atoms with van der Waals surface area (Å²) < 4.78 is 4.70. The predicted molar refractivity (Wildman–Crippen MR) is 62.6 cm³/mol. The zero-order valence-corrected chi connectivity index (χ0v) is 10.4. The van der Waals surface area contributed by atoms with E-state index in [2.05, 4.69) is 4.98 Å². The molecule has 1 aromatic rings. The fourth-order valence-corrected chi connectivity index (χ4v) is 2.59. The standard InChI is InChI=1S/C11H14N2O3S/c1-16-11(15)9-3-2-4-13(9)10(14)5-8-6-17-7-12-8/h6-7,9H,2-5H2,1H3. The number of hydrogen-bond acceptors (Lipinski definition) is 5. The Morgan fingerprint density at radius 3 is 3.12 bits per heavy atom. The molecule has 6 heteroatoms. The second-order valence-corrected chi connectivity index (χ2v) is 4.64. The van der Waals surface area contributed by atoms with Crippen molar-refractivity contribution in [2.45, 2.75) is 25.3 Å². The van der Waals surface area contributed by atoms with E-state index >= 15 is 0 Å². The van der Waals surface area contributed by atoms with Gasteiger partial charge < -0.3 is 9.64 Å². The third-order valence-corrected chi connectivity index (χ3v) is 3.50. The largest absolute Gasteiger partial charge is 0.467 e. The summed E-state index contributed by atoms with van der Waals surface area (Å²) in [6.07, 6.45) is 1.80. The van der Waals surface area contributed by atoms with Gasteiger partial charge in [-0.05, 0) is 12.8 Å². The molecule has 1 fully saturated rings. The minimum absolute atomic E-state index is 0.0520. The van der Waals surface area contributed by atoms with Crippen LogP contribution in [0.25, 0.3) is 0 Å². The maximum Gasteiger partial charge on any atom is 0.328 e. The van der Waals surface area contributed by atoms with Crippen LogP contribution in [-0.2, 0) is 20.7 Å². The first-order chi connectivity index (χ1) is 8.22. The van der Waals surface area contributed by atoms with Gasteiger partial charge in [-0.2, -0.15) is 0 Å². The summed E-state index contributed by atoms with van der Waals surface area (Å²) in [6.45, 7) is 0.628. The zero-order valence-electron chi connectivity index (χ0n) is 9.59. The summed E-state index contributed by atoms with van der Waals surface area (Å²) in [5, 5.41) is 1.85. The molecule has 0 aliphatic carbocycles.